The van der Waals surface area contributed by atoms with Gasteiger partial charge in [-0.3, -0.25) is 13.8 Å². The number of hydrogen-bond acceptors (Lipinski definition) is 6. The number of allylic oxidation sites excluding steroid dienone is 14. The highest BCUT2D eigenvalue weighted by molar-refractivity contribution is 7.47. The van der Waals surface area contributed by atoms with Gasteiger partial charge in [-0.1, -0.05) is 195 Å². The minimum absolute atomic E-state index is 0.0745. The van der Waals surface area contributed by atoms with Crippen LogP contribution in [0.25, 0.3) is 0 Å². The van der Waals surface area contributed by atoms with Crippen LogP contribution in [0.2, 0.25) is 0 Å². The van der Waals surface area contributed by atoms with Gasteiger partial charge in [0, 0.05) is 13.0 Å². The Kier molecular flexibility index (Phi) is 42.6. The SMILES string of the molecule is CC/C=C\C/C=C\C/C=C\C/C=C\C/C=C\C/C=C\C/C=C\CCCC(=O)OC(COCCCCCCCCCCCCCCCCCC)COP(=O)(O)OCC[N+](C)(C)C. The number of carbonyl (C=O) groups excluding carboxylic acids is 1. The monoisotopic (exact) mass is 875 g/mol. The highest BCUT2D eigenvalue weighted by Gasteiger charge is 2.26. The highest BCUT2D eigenvalue weighted by Crippen LogP contribution is 2.43. The molecule has 0 rings (SSSR count). The first-order valence-electron chi connectivity index (χ1n) is 24.3. The lowest BCUT2D eigenvalue weighted by Gasteiger charge is -2.24. The van der Waals surface area contributed by atoms with Gasteiger partial charge in [-0.25, -0.2) is 4.57 Å². The van der Waals surface area contributed by atoms with Crippen molar-refractivity contribution in [3.63, 3.8) is 0 Å². The lowest BCUT2D eigenvalue weighted by Crippen LogP contribution is -2.37. The molecule has 0 fully saturated rings. The standard InChI is InChI=1S/C52H92NO7P/c1-6-8-10-12-14-16-18-20-22-24-25-26-27-28-29-30-31-33-35-37-39-41-43-45-52(54)60-51(50-59-61(55,56)58-48-46-53(3,4)5)49-57-47-44-42-40-38-36-34-32-23-21-19-17-15-13-11-9-7-2/h8,10,14,16,20,22,25-26,28-29,31,33,37,39,51H,6-7,9,11-13,15,17-19,21,23-24,27,30,32,34-36,38,40-50H2,1-5H3/p+1/b10-8-,16-14-,22-20-,26-25-,29-28-,33-31-,39-37-. The lowest BCUT2D eigenvalue weighted by molar-refractivity contribution is -0.870. The summed E-state index contributed by atoms with van der Waals surface area (Å²) in [5.41, 5.74) is 0. The third-order valence-electron chi connectivity index (χ3n) is 9.97. The Morgan fingerprint density at radius 1 is 0.525 bits per heavy atom. The molecule has 0 spiro atoms. The molecule has 352 valence electrons. The summed E-state index contributed by atoms with van der Waals surface area (Å²) >= 11 is 0. The summed E-state index contributed by atoms with van der Waals surface area (Å²) in [6, 6.07) is 0. The quantitative estimate of drug-likeness (QED) is 0.0214. The number of hydrogen-bond donors (Lipinski definition) is 1. The first kappa shape index (κ1) is 58.7. The number of carbonyl (C=O) groups is 1. The fourth-order valence-electron chi connectivity index (χ4n) is 6.25. The molecule has 0 amide bonds. The summed E-state index contributed by atoms with van der Waals surface area (Å²) in [6.45, 7) is 5.43. The largest absolute Gasteiger partial charge is 0.472 e. The van der Waals surface area contributed by atoms with Crippen LogP contribution in [0.3, 0.4) is 0 Å². The maximum Gasteiger partial charge on any atom is 0.472 e. The molecule has 0 aromatic rings. The van der Waals surface area contributed by atoms with Crippen molar-refractivity contribution < 1.29 is 37.3 Å². The third-order valence-corrected chi connectivity index (χ3v) is 11.0. The van der Waals surface area contributed by atoms with Crippen LogP contribution in [0.5, 0.6) is 0 Å². The molecule has 0 heterocycles. The minimum atomic E-state index is -4.30. The van der Waals surface area contributed by atoms with Crippen molar-refractivity contribution in [3.8, 4) is 0 Å². The van der Waals surface area contributed by atoms with Crippen LogP contribution in [0.4, 0.5) is 0 Å². The van der Waals surface area contributed by atoms with Gasteiger partial charge < -0.3 is 18.9 Å². The second-order valence-corrected chi connectivity index (χ2v) is 18.6. The Morgan fingerprint density at radius 2 is 0.934 bits per heavy atom. The van der Waals surface area contributed by atoms with Crippen LogP contribution >= 0.6 is 7.82 Å². The number of quaternary nitrogens is 1. The fraction of sp³-hybridized carbons (Fsp3) is 0.712. The second kappa shape index (κ2) is 44.3. The van der Waals surface area contributed by atoms with Crippen molar-refractivity contribution in [3.05, 3.63) is 85.1 Å². The summed E-state index contributed by atoms with van der Waals surface area (Å²) in [7, 11) is 1.62. The van der Waals surface area contributed by atoms with Gasteiger partial charge in [0.05, 0.1) is 34.4 Å². The van der Waals surface area contributed by atoms with E-state index in [0.29, 0.717) is 24.1 Å². The van der Waals surface area contributed by atoms with Crippen molar-refractivity contribution in [1.29, 1.82) is 0 Å². The van der Waals surface area contributed by atoms with Gasteiger partial charge in [0.1, 0.15) is 19.3 Å². The molecule has 8 nitrogen and oxygen atoms in total. The van der Waals surface area contributed by atoms with E-state index in [-0.39, 0.29) is 32.2 Å². The number of unbranched alkanes of at least 4 members (excludes halogenated alkanes) is 16. The van der Waals surface area contributed by atoms with E-state index in [2.05, 4.69) is 98.9 Å². The van der Waals surface area contributed by atoms with E-state index >= 15 is 0 Å². The maximum absolute atomic E-state index is 12.7. The lowest BCUT2D eigenvalue weighted by atomic mass is 10.0. The first-order chi connectivity index (χ1) is 29.6. The molecule has 0 aromatic carbocycles. The zero-order valence-electron chi connectivity index (χ0n) is 39.9. The van der Waals surface area contributed by atoms with Crippen LogP contribution in [-0.2, 0) is 27.9 Å². The Morgan fingerprint density at radius 3 is 1.36 bits per heavy atom. The van der Waals surface area contributed by atoms with Crippen LogP contribution in [0.15, 0.2) is 85.1 Å². The van der Waals surface area contributed by atoms with Crippen molar-refractivity contribution in [2.45, 2.75) is 187 Å². The van der Waals surface area contributed by atoms with Gasteiger partial charge in [-0.05, 0) is 64.2 Å². The van der Waals surface area contributed by atoms with E-state index < -0.39 is 13.9 Å². The number of nitrogens with zero attached hydrogens (tertiary/aromatic N) is 1. The molecule has 1 N–H and O–H groups in total. The summed E-state index contributed by atoms with van der Waals surface area (Å²) in [4.78, 5) is 22.9. The van der Waals surface area contributed by atoms with E-state index in [0.717, 1.165) is 64.2 Å². The first-order valence-corrected chi connectivity index (χ1v) is 25.8. The molecule has 0 aliphatic rings. The van der Waals surface area contributed by atoms with E-state index in [1.165, 1.54) is 89.9 Å². The predicted octanol–water partition coefficient (Wildman–Crippen LogP) is 14.8. The van der Waals surface area contributed by atoms with Gasteiger partial charge in [0.2, 0.25) is 0 Å². The molecule has 61 heavy (non-hydrogen) atoms. The zero-order chi connectivity index (χ0) is 44.8. The van der Waals surface area contributed by atoms with Crippen LogP contribution in [0, 0.1) is 0 Å². The zero-order valence-corrected chi connectivity index (χ0v) is 40.8. The molecular weight excluding hydrogens is 782 g/mol. The molecule has 0 radical (unpaired) electrons. The summed E-state index contributed by atoms with van der Waals surface area (Å²) in [5.74, 6) is -0.372. The van der Waals surface area contributed by atoms with Crippen LogP contribution in [0.1, 0.15) is 181 Å². The van der Waals surface area contributed by atoms with Gasteiger partial charge in [0.15, 0.2) is 0 Å². The van der Waals surface area contributed by atoms with E-state index in [9.17, 15) is 14.3 Å². The molecule has 0 aliphatic heterocycles. The summed E-state index contributed by atoms with van der Waals surface area (Å²) in [6.07, 6.45) is 59.2. The number of phosphoric ester groups is 1. The van der Waals surface area contributed by atoms with Crippen molar-refractivity contribution >= 4 is 13.8 Å². The Labute approximate surface area is 375 Å². The predicted molar refractivity (Wildman–Crippen MR) is 261 cm³/mol. The molecule has 2 unspecified atom stereocenters. The minimum Gasteiger partial charge on any atom is -0.457 e. The van der Waals surface area contributed by atoms with Crippen LogP contribution in [-0.4, -0.2) is 75.6 Å². The normalized spacial score (nSPS) is 14.4. The second-order valence-electron chi connectivity index (χ2n) is 17.1. The van der Waals surface area contributed by atoms with E-state index in [1.807, 2.05) is 21.1 Å². The molecule has 9 heteroatoms. The number of ether oxygens (including phenoxy) is 2. The topological polar surface area (TPSA) is 91.3 Å². The third kappa shape index (κ3) is 48.6. The maximum atomic E-state index is 12.7. The van der Waals surface area contributed by atoms with Crippen molar-refractivity contribution in [2.24, 2.45) is 0 Å². The van der Waals surface area contributed by atoms with E-state index in [4.69, 9.17) is 18.5 Å². The smallest absolute Gasteiger partial charge is 0.457 e. The number of rotatable bonds is 44. The average molecular weight is 875 g/mol. The number of esters is 1. The van der Waals surface area contributed by atoms with Crippen molar-refractivity contribution in [1.82, 2.24) is 0 Å². The molecule has 0 saturated carbocycles. The van der Waals surface area contributed by atoms with Gasteiger partial charge in [0.25, 0.3) is 0 Å². The van der Waals surface area contributed by atoms with Crippen LogP contribution < -0.4 is 0 Å². The number of phosphoric acid groups is 1. The van der Waals surface area contributed by atoms with Crippen molar-refractivity contribution in [2.75, 3.05) is 54.1 Å². The summed E-state index contributed by atoms with van der Waals surface area (Å²) in [5, 5.41) is 0. The molecule has 0 aromatic heterocycles. The molecule has 0 saturated heterocycles. The number of likely N-dealkylation sites (N-methyl/N-ethyl adjacent to an activating group) is 1. The van der Waals surface area contributed by atoms with E-state index in [1.54, 1.807) is 0 Å². The Bertz CT molecular complexity index is 1250. The fourth-order valence-corrected chi connectivity index (χ4v) is 6.99. The van der Waals surface area contributed by atoms with Gasteiger partial charge >= 0.3 is 13.8 Å². The van der Waals surface area contributed by atoms with Gasteiger partial charge in [-0.15, -0.1) is 0 Å². The molecule has 0 bridgehead atoms. The molecule has 0 aliphatic carbocycles. The Balaban J connectivity index is 4.31. The summed E-state index contributed by atoms with van der Waals surface area (Å²) < 4.78 is 35.0. The average Bonchev–Trinajstić information content (AvgIpc) is 3.22. The Hall–Kier alpha value is -2.32. The van der Waals surface area contributed by atoms with Gasteiger partial charge in [-0.2, -0.15) is 0 Å². The molecular formula is C52H93NO7P+. The molecule has 2 atom stereocenters. The highest BCUT2D eigenvalue weighted by atomic mass is 31.2.